The normalized spacial score (nSPS) is 22.0. The van der Waals surface area contributed by atoms with Crippen LogP contribution >= 0.6 is 0 Å². The molecule has 34 heavy (non-hydrogen) atoms. The monoisotopic (exact) mass is 458 g/mol. The molecule has 2 atom stereocenters. The molecule has 180 valence electrons. The number of hydrogen-bond acceptors (Lipinski definition) is 3. The van der Waals surface area contributed by atoms with E-state index in [1.165, 1.54) is 68.0 Å². The van der Waals surface area contributed by atoms with Crippen LogP contribution in [0, 0.1) is 6.92 Å². The summed E-state index contributed by atoms with van der Waals surface area (Å²) in [6, 6.07) is 15.8. The van der Waals surface area contributed by atoms with Crippen LogP contribution in [0.2, 0.25) is 0 Å². The molecule has 0 unspecified atom stereocenters. The van der Waals surface area contributed by atoms with E-state index in [0.717, 1.165) is 30.3 Å². The van der Waals surface area contributed by atoms with E-state index >= 15 is 0 Å². The Bertz CT molecular complexity index is 1160. The summed E-state index contributed by atoms with van der Waals surface area (Å²) in [6.45, 7) is 5.07. The molecule has 0 radical (unpaired) electrons. The number of aromatic nitrogens is 1. The van der Waals surface area contributed by atoms with Crippen molar-refractivity contribution in [3.8, 4) is 5.75 Å². The van der Waals surface area contributed by atoms with Gasteiger partial charge in [0.05, 0.1) is 6.04 Å². The molecule has 2 aliphatic carbocycles. The minimum atomic E-state index is -0.487. The highest BCUT2D eigenvalue weighted by Crippen LogP contribution is 2.44. The number of aryl methyl sites for hydroxylation is 2. The first-order valence-corrected chi connectivity index (χ1v) is 13.4. The molecule has 0 amide bonds. The number of hydrogen-bond donors (Lipinski definition) is 1. The molecular weight excluding hydrogens is 420 g/mol. The molecule has 0 bridgehead atoms. The predicted molar refractivity (Wildman–Crippen MR) is 138 cm³/mol. The standard InChI is InChI=1S/C30H38N2O2/c1-21-8-5-6-13-29(21)34-20-24(33)19-31-16-17-32-27-15-14-23(22-9-3-2-4-10-22)18-26(27)25-11-7-12-28(31)30(25)32/h5-6,8,13-15,18,22,24,28,33H,2-4,7,9-12,16-17,19-20H2,1H3/t24-,28+/m0/s1. The first-order valence-electron chi connectivity index (χ1n) is 13.4. The topological polar surface area (TPSA) is 37.6 Å². The number of aliphatic hydroxyl groups is 1. The Morgan fingerprint density at radius 1 is 1.00 bits per heavy atom. The number of benzene rings is 2. The lowest BCUT2D eigenvalue weighted by Crippen LogP contribution is -2.44. The fraction of sp³-hybridized carbons (Fsp3) is 0.533. The van der Waals surface area contributed by atoms with Crippen LogP contribution < -0.4 is 4.74 Å². The van der Waals surface area contributed by atoms with Gasteiger partial charge in [-0.3, -0.25) is 4.90 Å². The molecule has 1 aromatic heterocycles. The lowest BCUT2D eigenvalue weighted by molar-refractivity contribution is 0.0373. The maximum absolute atomic E-state index is 10.8. The van der Waals surface area contributed by atoms with Crippen molar-refractivity contribution in [1.29, 1.82) is 0 Å². The van der Waals surface area contributed by atoms with Gasteiger partial charge in [-0.1, -0.05) is 43.5 Å². The van der Waals surface area contributed by atoms with E-state index in [4.69, 9.17) is 4.74 Å². The Labute approximate surface area is 203 Å². The lowest BCUT2D eigenvalue weighted by Gasteiger charge is -2.40. The van der Waals surface area contributed by atoms with Crippen LogP contribution in [0.15, 0.2) is 42.5 Å². The van der Waals surface area contributed by atoms with E-state index in [1.54, 1.807) is 11.1 Å². The molecule has 0 saturated heterocycles. The van der Waals surface area contributed by atoms with Crippen LogP contribution in [0.5, 0.6) is 5.75 Å². The molecule has 1 fully saturated rings. The van der Waals surface area contributed by atoms with Gasteiger partial charge in [-0.25, -0.2) is 0 Å². The van der Waals surface area contributed by atoms with Gasteiger partial charge in [0.25, 0.3) is 0 Å². The summed E-state index contributed by atoms with van der Waals surface area (Å²) in [5.74, 6) is 1.62. The zero-order valence-electron chi connectivity index (χ0n) is 20.5. The summed E-state index contributed by atoms with van der Waals surface area (Å²) < 4.78 is 8.56. The molecule has 4 nitrogen and oxygen atoms in total. The van der Waals surface area contributed by atoms with E-state index in [9.17, 15) is 5.11 Å². The van der Waals surface area contributed by atoms with Crippen molar-refractivity contribution in [3.63, 3.8) is 0 Å². The molecule has 4 heteroatoms. The largest absolute Gasteiger partial charge is 0.491 e. The van der Waals surface area contributed by atoms with Crippen molar-refractivity contribution in [3.05, 3.63) is 64.8 Å². The molecule has 6 rings (SSSR count). The zero-order valence-corrected chi connectivity index (χ0v) is 20.5. The third-order valence-electron chi connectivity index (χ3n) is 8.55. The number of fused-ring (bicyclic) bond motifs is 3. The van der Waals surface area contributed by atoms with Gasteiger partial charge < -0.3 is 14.4 Å². The number of nitrogens with zero attached hydrogens (tertiary/aromatic N) is 2. The van der Waals surface area contributed by atoms with Gasteiger partial charge in [0.1, 0.15) is 18.5 Å². The summed E-state index contributed by atoms with van der Waals surface area (Å²) in [6.07, 6.45) is 10.0. The Morgan fingerprint density at radius 2 is 1.85 bits per heavy atom. The average molecular weight is 459 g/mol. The number of para-hydroxylation sites is 1. The van der Waals surface area contributed by atoms with Crippen LogP contribution in [0.3, 0.4) is 0 Å². The Morgan fingerprint density at radius 3 is 2.71 bits per heavy atom. The minimum absolute atomic E-state index is 0.342. The highest BCUT2D eigenvalue weighted by molar-refractivity contribution is 5.87. The summed E-state index contributed by atoms with van der Waals surface area (Å²) in [5.41, 5.74) is 7.22. The van der Waals surface area contributed by atoms with Crippen LogP contribution in [0.25, 0.3) is 10.9 Å². The third-order valence-corrected chi connectivity index (χ3v) is 8.55. The number of aliphatic hydroxyl groups excluding tert-OH is 1. The van der Waals surface area contributed by atoms with Gasteiger partial charge in [-0.2, -0.15) is 0 Å². The molecule has 1 saturated carbocycles. The fourth-order valence-corrected chi connectivity index (χ4v) is 6.83. The van der Waals surface area contributed by atoms with Gasteiger partial charge >= 0.3 is 0 Å². The molecule has 1 N–H and O–H groups in total. The van der Waals surface area contributed by atoms with Crippen molar-refractivity contribution < 1.29 is 9.84 Å². The van der Waals surface area contributed by atoms with E-state index in [-0.39, 0.29) is 0 Å². The number of rotatable bonds is 6. The smallest absolute Gasteiger partial charge is 0.122 e. The number of ether oxygens (including phenoxy) is 1. The first kappa shape index (κ1) is 22.2. The van der Waals surface area contributed by atoms with Crippen molar-refractivity contribution in [2.75, 3.05) is 19.7 Å². The van der Waals surface area contributed by atoms with Crippen molar-refractivity contribution in [2.24, 2.45) is 0 Å². The first-order chi connectivity index (χ1) is 16.7. The fourth-order valence-electron chi connectivity index (χ4n) is 6.83. The van der Waals surface area contributed by atoms with Crippen molar-refractivity contribution >= 4 is 10.9 Å². The maximum Gasteiger partial charge on any atom is 0.122 e. The molecule has 2 heterocycles. The van der Waals surface area contributed by atoms with Gasteiger partial charge in [0, 0.05) is 36.2 Å². The zero-order chi connectivity index (χ0) is 23.1. The predicted octanol–water partition coefficient (Wildman–Crippen LogP) is 6.13. The van der Waals surface area contributed by atoms with E-state index < -0.39 is 6.10 Å². The van der Waals surface area contributed by atoms with E-state index in [2.05, 4.69) is 40.7 Å². The highest BCUT2D eigenvalue weighted by Gasteiger charge is 2.35. The van der Waals surface area contributed by atoms with Crippen molar-refractivity contribution in [1.82, 2.24) is 9.47 Å². The van der Waals surface area contributed by atoms with Crippen molar-refractivity contribution in [2.45, 2.75) is 82.9 Å². The molecule has 2 aromatic carbocycles. The number of β-amino-alcohol motifs (C(OH)–C–C–N with tert-alkyl or cyclic N) is 1. The van der Waals surface area contributed by atoms with Crippen LogP contribution in [-0.2, 0) is 13.0 Å². The third kappa shape index (κ3) is 4.05. The molecule has 3 aromatic rings. The van der Waals surface area contributed by atoms with E-state index in [1.807, 2.05) is 18.2 Å². The summed E-state index contributed by atoms with van der Waals surface area (Å²) in [5, 5.41) is 12.4. The average Bonchev–Trinajstić information content (AvgIpc) is 3.20. The van der Waals surface area contributed by atoms with Gasteiger partial charge in [-0.05, 0) is 79.8 Å². The Kier molecular flexibility index (Phi) is 6.13. The summed E-state index contributed by atoms with van der Waals surface area (Å²) in [7, 11) is 0. The van der Waals surface area contributed by atoms with Gasteiger partial charge in [0.2, 0.25) is 0 Å². The maximum atomic E-state index is 10.8. The quantitative estimate of drug-likeness (QED) is 0.483. The van der Waals surface area contributed by atoms with Crippen LogP contribution in [-0.4, -0.2) is 40.4 Å². The second kappa shape index (κ2) is 9.39. The van der Waals surface area contributed by atoms with Gasteiger partial charge in [-0.15, -0.1) is 0 Å². The molecule has 1 aliphatic heterocycles. The van der Waals surface area contributed by atoms with Gasteiger partial charge in [0.15, 0.2) is 0 Å². The second-order valence-electron chi connectivity index (χ2n) is 10.8. The van der Waals surface area contributed by atoms with Crippen LogP contribution in [0.4, 0.5) is 0 Å². The van der Waals surface area contributed by atoms with Crippen LogP contribution in [0.1, 0.15) is 79.3 Å². The lowest BCUT2D eigenvalue weighted by atomic mass is 9.83. The second-order valence-corrected chi connectivity index (χ2v) is 10.8. The Balaban J connectivity index is 1.22. The molecular formula is C30H38N2O2. The summed E-state index contributed by atoms with van der Waals surface area (Å²) >= 11 is 0. The Hall–Kier alpha value is -2.30. The molecule has 3 aliphatic rings. The molecule has 0 spiro atoms. The minimum Gasteiger partial charge on any atom is -0.491 e. The SMILES string of the molecule is Cc1ccccc1OC[C@@H](O)CN1CCn2c3c(c4cc(C5CCCCC5)ccc42)CCC[C@H]31. The highest BCUT2D eigenvalue weighted by atomic mass is 16.5. The van der Waals surface area contributed by atoms with E-state index in [0.29, 0.717) is 19.2 Å². The summed E-state index contributed by atoms with van der Waals surface area (Å²) in [4.78, 5) is 2.52.